The second-order valence-corrected chi connectivity index (χ2v) is 34.7. The molecule has 0 saturated carbocycles. The van der Waals surface area contributed by atoms with E-state index < -0.39 is 0 Å². The zero-order chi connectivity index (χ0) is 91.6. The van der Waals surface area contributed by atoms with E-state index in [0.717, 1.165) is 81.7 Å². The number of likely N-dealkylation sites (tertiary alicyclic amines) is 1. The predicted octanol–water partition coefficient (Wildman–Crippen LogP) is 14.5. The quantitative estimate of drug-likeness (QED) is 0.0451. The molecule has 0 aromatic heterocycles. The van der Waals surface area contributed by atoms with Gasteiger partial charge in [-0.05, 0) is 216 Å². The van der Waals surface area contributed by atoms with Gasteiger partial charge in [-0.1, -0.05) is 144 Å². The van der Waals surface area contributed by atoms with Crippen LogP contribution in [0.25, 0.3) is 0 Å². The first-order valence-corrected chi connectivity index (χ1v) is 45.5. The minimum Gasteiger partial charge on any atom is -0.466 e. The molecule has 0 N–H and O–H groups in total. The molecule has 8 heterocycles. The number of carbonyl (C=O) groups excluding carboxylic acids is 12. The van der Waals surface area contributed by atoms with Crippen molar-refractivity contribution in [1.29, 1.82) is 0 Å². The zero-order valence-corrected chi connectivity index (χ0v) is 75.3. The van der Waals surface area contributed by atoms with Crippen LogP contribution in [0.5, 0.6) is 0 Å². The van der Waals surface area contributed by atoms with Crippen molar-refractivity contribution in [2.24, 2.45) is 0 Å². The van der Waals surface area contributed by atoms with Gasteiger partial charge in [0.2, 0.25) is 29.5 Å². The van der Waals surface area contributed by atoms with E-state index in [1.165, 1.54) is 4.90 Å². The molecule has 0 aliphatic carbocycles. The van der Waals surface area contributed by atoms with Crippen LogP contribution in [0.1, 0.15) is 151 Å². The van der Waals surface area contributed by atoms with Crippen molar-refractivity contribution in [3.8, 4) is 0 Å². The van der Waals surface area contributed by atoms with Crippen LogP contribution in [0.15, 0.2) is 237 Å². The normalized spacial score (nSPS) is 15.8. The molecular formula is C103H102Cl3N11O14. The summed E-state index contributed by atoms with van der Waals surface area (Å²) in [6.07, 6.45) is 16.5. The van der Waals surface area contributed by atoms with E-state index in [4.69, 9.17) is 44.3 Å². The highest BCUT2D eigenvalue weighted by molar-refractivity contribution is 6.31. The Morgan fingerprint density at radius 2 is 0.565 bits per heavy atom. The number of benzene rings is 9. The summed E-state index contributed by atoms with van der Waals surface area (Å²) in [7, 11) is 0. The van der Waals surface area contributed by atoms with E-state index in [2.05, 4.69) is 0 Å². The van der Waals surface area contributed by atoms with Crippen LogP contribution in [-0.2, 0) is 96.8 Å². The lowest BCUT2D eigenvalue weighted by Gasteiger charge is -2.27. The van der Waals surface area contributed by atoms with Gasteiger partial charge in [0, 0.05) is 170 Å². The van der Waals surface area contributed by atoms with Crippen molar-refractivity contribution in [3.05, 3.63) is 335 Å². The molecule has 9 aromatic carbocycles. The fraction of sp³-hybridized carbons (Fsp3) is 0.301. The highest BCUT2D eigenvalue weighted by Crippen LogP contribution is 2.36. The average Bonchev–Trinajstić information content (AvgIpc) is 1.69. The van der Waals surface area contributed by atoms with E-state index in [1.807, 2.05) is 137 Å². The van der Waals surface area contributed by atoms with Crippen LogP contribution in [0.4, 0.5) is 17.1 Å². The summed E-state index contributed by atoms with van der Waals surface area (Å²) in [5, 5.41) is 1.58. The maximum absolute atomic E-state index is 13.9. The van der Waals surface area contributed by atoms with Crippen LogP contribution in [0.3, 0.4) is 0 Å². The van der Waals surface area contributed by atoms with Gasteiger partial charge < -0.3 is 63.4 Å². The lowest BCUT2D eigenvalue weighted by atomic mass is 10.0. The molecule has 28 heteroatoms. The number of aryl methyl sites for hydroxylation is 3. The lowest BCUT2D eigenvalue weighted by molar-refractivity contribution is -0.143. The molecule has 8 aliphatic heterocycles. The van der Waals surface area contributed by atoms with E-state index in [1.54, 1.807) is 155 Å². The number of fused-ring (bicyclic) bond motifs is 3. The second kappa shape index (κ2) is 43.4. The number of carbonyl (C=O) groups is 12. The van der Waals surface area contributed by atoms with Gasteiger partial charge in [0.1, 0.15) is 19.6 Å². The molecule has 131 heavy (non-hydrogen) atoms. The van der Waals surface area contributed by atoms with Gasteiger partial charge in [-0.3, -0.25) is 57.5 Å². The van der Waals surface area contributed by atoms with Gasteiger partial charge >= 0.3 is 5.97 Å². The molecule has 0 spiro atoms. The maximum atomic E-state index is 13.9. The SMILES string of the molecule is CCOC(=O)CCc1ccc2c(c1)N(Cc1ccc(C(=O)N3CC=CC3)cc1)C(=O)CN(C(=O)c1ccc(Cl)cc1)C2.O=C(CCc1ccc2c(c1)N(Cc1ccc(C(=O)N3CC=CC3)cc1)C(=O)CN(C(=O)c1ccc(Cl)cc1)C2)N1CCCC1.O=C(CCc1ccc2c(c1)N(Cc1ccc(C(=O)N3CC=CC3)cc1)C(=O)CN(C(=O)c1ccc(Cl)cc1)C2)N1CCOCC1. The molecule has 2 saturated heterocycles. The number of halogens is 3. The first kappa shape index (κ1) is 92.4. The Hall–Kier alpha value is -13.3. The fourth-order valence-corrected chi connectivity index (χ4v) is 17.4. The van der Waals surface area contributed by atoms with E-state index in [0.29, 0.717) is 164 Å². The maximum Gasteiger partial charge on any atom is 0.306 e. The lowest BCUT2D eigenvalue weighted by Crippen LogP contribution is -2.40. The minimum absolute atomic E-state index is 0.0257. The average molecular weight is 1820 g/mol. The first-order chi connectivity index (χ1) is 63.5. The number of rotatable bonds is 22. The predicted molar refractivity (Wildman–Crippen MR) is 501 cm³/mol. The van der Waals surface area contributed by atoms with Gasteiger partial charge in [0.05, 0.1) is 39.5 Å². The Labute approximate surface area is 776 Å². The zero-order valence-electron chi connectivity index (χ0n) is 73.0. The summed E-state index contributed by atoms with van der Waals surface area (Å²) < 4.78 is 10.4. The van der Waals surface area contributed by atoms with E-state index in [-0.39, 0.29) is 136 Å². The van der Waals surface area contributed by atoms with Crippen LogP contribution in [-0.4, -0.2) is 215 Å². The Morgan fingerprint density at radius 3 is 0.855 bits per heavy atom. The summed E-state index contributed by atoms with van der Waals surface area (Å²) in [6, 6.07) is 59.5. The van der Waals surface area contributed by atoms with E-state index >= 15 is 0 Å². The molecular weight excluding hydrogens is 1720 g/mol. The molecule has 9 aromatic rings. The van der Waals surface area contributed by atoms with E-state index in [9.17, 15) is 57.5 Å². The topological polar surface area (TPSA) is 259 Å². The van der Waals surface area contributed by atoms with Gasteiger partial charge in [0.25, 0.3) is 35.4 Å². The Balaban J connectivity index is 0.000000151. The monoisotopic (exact) mass is 1820 g/mol. The summed E-state index contributed by atoms with van der Waals surface area (Å²) in [5.41, 5.74) is 13.1. The Bertz CT molecular complexity index is 5840. The van der Waals surface area contributed by atoms with Gasteiger partial charge in [-0.15, -0.1) is 0 Å². The number of hydrogen-bond donors (Lipinski definition) is 0. The third-order valence-electron chi connectivity index (χ3n) is 24.4. The summed E-state index contributed by atoms with van der Waals surface area (Å²) >= 11 is 18.1. The largest absolute Gasteiger partial charge is 0.466 e. The fourth-order valence-electron chi connectivity index (χ4n) is 17.0. The van der Waals surface area contributed by atoms with Crippen LogP contribution in [0.2, 0.25) is 15.1 Å². The number of amides is 11. The molecule has 8 aliphatic rings. The summed E-state index contributed by atoms with van der Waals surface area (Å²) in [6.45, 7) is 11.0. The molecule has 0 unspecified atom stereocenters. The molecule has 674 valence electrons. The van der Waals surface area contributed by atoms with Crippen LogP contribution < -0.4 is 14.7 Å². The van der Waals surface area contributed by atoms with Gasteiger partial charge in [-0.25, -0.2) is 0 Å². The van der Waals surface area contributed by atoms with Crippen molar-refractivity contribution in [1.82, 2.24) is 39.2 Å². The molecule has 0 radical (unpaired) electrons. The number of nitrogens with zero attached hydrogens (tertiary/aromatic N) is 11. The van der Waals surface area contributed by atoms with Crippen molar-refractivity contribution in [2.75, 3.05) is 120 Å². The Kier molecular flexibility index (Phi) is 30.6. The van der Waals surface area contributed by atoms with Crippen molar-refractivity contribution in [3.63, 3.8) is 0 Å². The molecule has 25 nitrogen and oxygen atoms in total. The third-order valence-corrected chi connectivity index (χ3v) is 25.1. The number of hydrogen-bond acceptors (Lipinski definition) is 14. The van der Waals surface area contributed by atoms with Gasteiger partial charge in [0.15, 0.2) is 0 Å². The van der Waals surface area contributed by atoms with Crippen molar-refractivity contribution >= 4 is 123 Å². The van der Waals surface area contributed by atoms with Crippen LogP contribution >= 0.6 is 34.8 Å². The highest BCUT2D eigenvalue weighted by Gasteiger charge is 2.36. The standard InChI is InChI=1S/C35H35ClN4O5.C35H35ClN4O4.C33H32ClN3O5/c36-30-12-10-28(11-13-30)35(44)39-23-29-9-3-25(6-14-32(41)37-17-19-45-20-18-37)21-31(29)40(33(42)24-39)22-26-4-7-27(8-5-26)34(43)38-15-1-2-16-38;36-30-14-12-28(13-15-30)35(44)39-23-29-11-5-25(8-16-32(41)37-17-1-2-18-37)21-31(29)40(33(42)24-39)22-26-6-9-27(10-7-26)34(43)38-19-3-4-20-38;1-2-42-31(39)16-8-23-5-11-27-21-36(33(41)26-12-14-28(34)15-13-26)22-30(38)37(29(27)19-23)20-24-6-9-25(10-7-24)32(40)35-17-3-4-18-35/h1-5,7-13,21H,6,14-20,22-24H2;3-7,9-15,21H,1-2,8,16-20,22-24H2;3-7,9-15,19H,2,8,16-18,20-22H2,1H3. The molecule has 11 amide bonds. The second-order valence-electron chi connectivity index (χ2n) is 33.4. The summed E-state index contributed by atoms with van der Waals surface area (Å²) in [4.78, 5) is 177. The third kappa shape index (κ3) is 23.5. The van der Waals surface area contributed by atoms with Gasteiger partial charge in [-0.2, -0.15) is 0 Å². The smallest absolute Gasteiger partial charge is 0.306 e. The van der Waals surface area contributed by atoms with Crippen LogP contribution in [0, 0.1) is 0 Å². The first-order valence-electron chi connectivity index (χ1n) is 44.3. The van der Waals surface area contributed by atoms with Crippen molar-refractivity contribution in [2.45, 2.75) is 97.6 Å². The number of esters is 1. The Morgan fingerprint density at radius 1 is 0.305 bits per heavy atom. The molecule has 2 fully saturated rings. The number of anilines is 3. The molecule has 17 rings (SSSR count). The number of ether oxygens (including phenoxy) is 2. The highest BCUT2D eigenvalue weighted by atomic mass is 35.5. The minimum atomic E-state index is -0.278. The van der Waals surface area contributed by atoms with Crippen molar-refractivity contribution < 1.29 is 67.0 Å². The molecule has 0 bridgehead atoms. The summed E-state index contributed by atoms with van der Waals surface area (Å²) in [5.74, 6) is -1.57. The number of morpholine rings is 1. The molecule has 0 atom stereocenters.